The summed E-state index contributed by atoms with van der Waals surface area (Å²) in [6.45, 7) is 17.7. The Kier molecular flexibility index (Phi) is 36.6. The van der Waals surface area contributed by atoms with E-state index in [2.05, 4.69) is 82.2 Å². The molecule has 0 radical (unpaired) electrons. The molecule has 0 spiro atoms. The summed E-state index contributed by atoms with van der Waals surface area (Å²) in [5, 5.41) is 2.25. The van der Waals surface area contributed by atoms with Gasteiger partial charge in [0.05, 0.1) is 12.4 Å². The monoisotopic (exact) mass is 588 g/mol. The molecule has 0 aromatic heterocycles. The van der Waals surface area contributed by atoms with Crippen molar-refractivity contribution in [2.24, 2.45) is 0 Å². The molecule has 2 rings (SSSR count). The van der Waals surface area contributed by atoms with Crippen LogP contribution in [0.5, 0.6) is 0 Å². The minimum absolute atomic E-state index is 0.0810. The summed E-state index contributed by atoms with van der Waals surface area (Å²) in [7, 11) is 5.74. The van der Waals surface area contributed by atoms with Gasteiger partial charge < -0.3 is 15.0 Å². The number of nitrogens with one attached hydrogen (secondary N) is 1. The highest BCUT2D eigenvalue weighted by Crippen LogP contribution is 2.15. The van der Waals surface area contributed by atoms with E-state index in [9.17, 15) is 8.78 Å². The summed E-state index contributed by atoms with van der Waals surface area (Å²) >= 11 is 0. The second-order valence-electron chi connectivity index (χ2n) is 8.92. The Balaban J connectivity index is -0.000000271. The van der Waals surface area contributed by atoms with Crippen LogP contribution in [0.2, 0.25) is 0 Å². The summed E-state index contributed by atoms with van der Waals surface area (Å²) in [5.41, 5.74) is 3.21. The van der Waals surface area contributed by atoms with E-state index in [0.717, 1.165) is 25.2 Å². The van der Waals surface area contributed by atoms with Crippen LogP contribution in [0, 0.1) is 38.3 Å². The molecule has 1 N–H and O–H groups in total. The van der Waals surface area contributed by atoms with E-state index < -0.39 is 11.6 Å². The van der Waals surface area contributed by atoms with Crippen LogP contribution in [0.3, 0.4) is 0 Å². The van der Waals surface area contributed by atoms with E-state index in [1.165, 1.54) is 43.1 Å². The number of terminal acetylenes is 1. The summed E-state index contributed by atoms with van der Waals surface area (Å²) in [6.07, 6.45) is 18.4. The molecule has 0 bridgehead atoms. The number of aryl methyl sites for hydroxylation is 1. The first-order valence-electron chi connectivity index (χ1n) is 14.6. The van der Waals surface area contributed by atoms with Crippen molar-refractivity contribution in [3.8, 4) is 12.8 Å². The quantitative estimate of drug-likeness (QED) is 0.130. The van der Waals surface area contributed by atoms with Gasteiger partial charge in [-0.1, -0.05) is 69.7 Å². The number of ether oxygens (including phenoxy) is 1. The summed E-state index contributed by atoms with van der Waals surface area (Å²) in [4.78, 5) is 11.2. The molecule has 0 atom stereocenters. The first kappa shape index (κ1) is 45.6. The SMILES string of the molecule is C#C.CC.CC/C=C(\C)OCC.CCCN(C)C.CNC=O.Cc1cccc(C/C=C\Cc2cc(F)c(C)c(F)c2)c1. The van der Waals surface area contributed by atoms with E-state index in [1.54, 1.807) is 7.05 Å². The lowest BCUT2D eigenvalue weighted by atomic mass is 10.1. The van der Waals surface area contributed by atoms with Gasteiger partial charge in [0.25, 0.3) is 0 Å². The number of hydrogen-bond donors (Lipinski definition) is 1. The average molecular weight is 589 g/mol. The van der Waals surface area contributed by atoms with Crippen molar-refractivity contribution in [2.45, 2.75) is 81.1 Å². The third-order valence-electron chi connectivity index (χ3n) is 4.95. The molecule has 0 saturated carbocycles. The topological polar surface area (TPSA) is 41.6 Å². The van der Waals surface area contributed by atoms with Crippen LogP contribution in [0.15, 0.2) is 60.4 Å². The third-order valence-corrected chi connectivity index (χ3v) is 4.95. The molecule has 6 heteroatoms. The van der Waals surface area contributed by atoms with Crippen LogP contribution in [0.25, 0.3) is 0 Å². The molecule has 42 heavy (non-hydrogen) atoms. The first-order valence-corrected chi connectivity index (χ1v) is 14.6. The molecule has 2 aromatic rings. The van der Waals surface area contributed by atoms with Crippen LogP contribution in [-0.4, -0.2) is 45.6 Å². The van der Waals surface area contributed by atoms with Crippen molar-refractivity contribution in [2.75, 3.05) is 34.3 Å². The van der Waals surface area contributed by atoms with E-state index in [-0.39, 0.29) is 5.56 Å². The van der Waals surface area contributed by atoms with Crippen molar-refractivity contribution in [1.82, 2.24) is 10.2 Å². The van der Waals surface area contributed by atoms with Crippen molar-refractivity contribution < 1.29 is 18.3 Å². The molecule has 0 unspecified atom stereocenters. The maximum atomic E-state index is 13.4. The number of halogens is 2. The molecule has 238 valence electrons. The minimum atomic E-state index is -0.480. The maximum absolute atomic E-state index is 13.4. The summed E-state index contributed by atoms with van der Waals surface area (Å²) in [5.74, 6) is 0.0779. The molecular formula is C36H58F2N2O2. The Hall–Kier alpha value is -3.43. The minimum Gasteiger partial charge on any atom is -0.499 e. The van der Waals surface area contributed by atoms with Gasteiger partial charge in [0.15, 0.2) is 0 Å². The number of hydrogen-bond acceptors (Lipinski definition) is 3. The number of allylic oxidation sites excluding steroid dienone is 4. The Bertz CT molecular complexity index is 960. The van der Waals surface area contributed by atoms with Gasteiger partial charge in [-0.2, -0.15) is 0 Å². The van der Waals surface area contributed by atoms with Crippen molar-refractivity contribution in [3.05, 3.63) is 94.3 Å². The summed E-state index contributed by atoms with van der Waals surface area (Å²) in [6, 6.07) is 11.1. The zero-order valence-corrected chi connectivity index (χ0v) is 28.2. The molecule has 0 aliphatic heterocycles. The van der Waals surface area contributed by atoms with Gasteiger partial charge in [-0.05, 0) is 103 Å². The van der Waals surface area contributed by atoms with Crippen LogP contribution in [0.4, 0.5) is 8.78 Å². The van der Waals surface area contributed by atoms with E-state index in [1.807, 2.05) is 45.9 Å². The normalized spacial score (nSPS) is 9.67. The van der Waals surface area contributed by atoms with Crippen molar-refractivity contribution in [1.29, 1.82) is 0 Å². The summed E-state index contributed by atoms with van der Waals surface area (Å²) < 4.78 is 31.9. The van der Waals surface area contributed by atoms with Gasteiger partial charge in [0.2, 0.25) is 6.41 Å². The average Bonchev–Trinajstić information content (AvgIpc) is 2.97. The molecule has 0 fully saturated rings. The molecule has 0 aliphatic carbocycles. The molecule has 0 heterocycles. The molecule has 1 amide bonds. The number of nitrogens with zero attached hydrogens (tertiary/aromatic N) is 1. The standard InChI is InChI=1S/C18H18F2.C7H14O.C5H13N.C2H5NO.C2H6.C2H2/c1-13-6-5-9-15(10-13)7-3-4-8-16-11-17(19)14(2)18(20)12-16;1-4-6-7(3)8-5-2;1-4-5-6(2)3;1-3-2-4;2*1-2/h3-6,9-12H,7-8H2,1-2H3;6H,4-5H2,1-3H3;4-5H2,1-3H3;2H,1H3,(H,3,4);1-2H3;1-2H/b4-3-;7-6+;;;;. The van der Waals surface area contributed by atoms with Crippen molar-refractivity contribution in [3.63, 3.8) is 0 Å². The lowest BCUT2D eigenvalue weighted by molar-refractivity contribution is -0.109. The molecule has 4 nitrogen and oxygen atoms in total. The van der Waals surface area contributed by atoms with E-state index >= 15 is 0 Å². The predicted molar refractivity (Wildman–Crippen MR) is 180 cm³/mol. The molecule has 0 saturated heterocycles. The number of carbonyl (C=O) groups is 1. The zero-order chi connectivity index (χ0) is 33.3. The molecular weight excluding hydrogens is 530 g/mol. The third kappa shape index (κ3) is 29.6. The lowest BCUT2D eigenvalue weighted by Gasteiger charge is -2.03. The largest absolute Gasteiger partial charge is 0.499 e. The fraction of sp³-hybridized carbons (Fsp3) is 0.472. The van der Waals surface area contributed by atoms with Gasteiger partial charge >= 0.3 is 0 Å². The highest BCUT2D eigenvalue weighted by atomic mass is 19.1. The number of benzene rings is 2. The number of amides is 1. The predicted octanol–water partition coefficient (Wildman–Crippen LogP) is 8.86. The van der Waals surface area contributed by atoms with Gasteiger partial charge in [0, 0.05) is 12.6 Å². The second-order valence-corrected chi connectivity index (χ2v) is 8.92. The van der Waals surface area contributed by atoms with Crippen LogP contribution >= 0.6 is 0 Å². The first-order chi connectivity index (χ1) is 20.1. The fourth-order valence-electron chi connectivity index (χ4n) is 3.11. The fourth-order valence-corrected chi connectivity index (χ4v) is 3.11. The smallest absolute Gasteiger partial charge is 0.206 e. The Morgan fingerprint density at radius 1 is 0.952 bits per heavy atom. The van der Waals surface area contributed by atoms with E-state index in [4.69, 9.17) is 9.53 Å². The van der Waals surface area contributed by atoms with E-state index in [0.29, 0.717) is 18.4 Å². The lowest BCUT2D eigenvalue weighted by Crippen LogP contribution is -2.11. The highest BCUT2D eigenvalue weighted by molar-refractivity contribution is 5.44. The Morgan fingerprint density at radius 2 is 1.45 bits per heavy atom. The number of carbonyl (C=O) groups excluding carboxylic acids is 1. The highest BCUT2D eigenvalue weighted by Gasteiger charge is 2.05. The van der Waals surface area contributed by atoms with Crippen molar-refractivity contribution >= 4 is 6.41 Å². The van der Waals surface area contributed by atoms with Crippen LogP contribution in [0.1, 0.15) is 76.6 Å². The Labute approximate surface area is 257 Å². The van der Waals surface area contributed by atoms with Gasteiger partial charge in [-0.3, -0.25) is 4.79 Å². The van der Waals surface area contributed by atoms with Gasteiger partial charge in [-0.25, -0.2) is 8.78 Å². The van der Waals surface area contributed by atoms with Gasteiger partial charge in [0.1, 0.15) is 11.6 Å². The second kappa shape index (κ2) is 33.8. The van der Waals surface area contributed by atoms with Crippen LogP contribution < -0.4 is 5.32 Å². The van der Waals surface area contributed by atoms with Gasteiger partial charge in [-0.15, -0.1) is 12.8 Å². The molecule has 2 aromatic carbocycles. The maximum Gasteiger partial charge on any atom is 0.206 e. The number of rotatable bonds is 10. The Morgan fingerprint density at radius 3 is 1.81 bits per heavy atom. The van der Waals surface area contributed by atoms with Crippen LogP contribution in [-0.2, 0) is 22.4 Å². The zero-order valence-electron chi connectivity index (χ0n) is 28.2. The molecule has 0 aliphatic rings.